The predicted molar refractivity (Wildman–Crippen MR) is 120 cm³/mol. The molecule has 10 atom stereocenters. The lowest BCUT2D eigenvalue weighted by Crippen LogP contribution is -2.56. The summed E-state index contributed by atoms with van der Waals surface area (Å²) in [6, 6.07) is 0. The second-order valence-corrected chi connectivity index (χ2v) is 12.8. The van der Waals surface area contributed by atoms with Gasteiger partial charge in [0.1, 0.15) is 0 Å². The lowest BCUT2D eigenvalue weighted by Gasteiger charge is -2.61. The van der Waals surface area contributed by atoms with Crippen LogP contribution in [0.15, 0.2) is 0 Å². The van der Waals surface area contributed by atoms with Crippen LogP contribution in [0.5, 0.6) is 0 Å². The molecule has 2 N–H and O–H groups in total. The van der Waals surface area contributed by atoms with Crippen molar-refractivity contribution >= 4 is 0 Å². The zero-order valence-electron chi connectivity index (χ0n) is 19.9. The normalized spacial score (nSPS) is 50.7. The molecule has 4 aliphatic carbocycles. The van der Waals surface area contributed by atoms with Gasteiger partial charge < -0.3 is 10.2 Å². The van der Waals surface area contributed by atoms with Crippen LogP contribution in [0, 0.1) is 52.3 Å². The summed E-state index contributed by atoms with van der Waals surface area (Å²) in [7, 11) is 0. The van der Waals surface area contributed by atoms with E-state index in [-0.39, 0.29) is 5.41 Å². The lowest BCUT2D eigenvalue weighted by molar-refractivity contribution is -0.160. The van der Waals surface area contributed by atoms with Crippen molar-refractivity contribution in [2.45, 2.75) is 117 Å². The molecular formula is C27H48O2. The molecule has 0 aromatic carbocycles. The molecule has 4 fully saturated rings. The van der Waals surface area contributed by atoms with Crippen LogP contribution in [0.25, 0.3) is 0 Å². The van der Waals surface area contributed by atoms with Gasteiger partial charge in [0, 0.05) is 0 Å². The second kappa shape index (κ2) is 8.12. The highest BCUT2D eigenvalue weighted by Crippen LogP contribution is 2.68. The highest BCUT2D eigenvalue weighted by atomic mass is 16.3. The molecule has 29 heavy (non-hydrogen) atoms. The zero-order chi connectivity index (χ0) is 21.0. The minimum Gasteiger partial charge on any atom is -0.390 e. The van der Waals surface area contributed by atoms with E-state index in [0.29, 0.717) is 11.3 Å². The zero-order valence-corrected chi connectivity index (χ0v) is 19.9. The maximum Gasteiger partial charge on any atom is 0.0804 e. The largest absolute Gasteiger partial charge is 0.390 e. The van der Waals surface area contributed by atoms with Crippen molar-refractivity contribution in [3.63, 3.8) is 0 Å². The molecule has 0 bridgehead atoms. The molecule has 2 nitrogen and oxygen atoms in total. The fourth-order valence-corrected chi connectivity index (χ4v) is 9.30. The first-order valence-corrected chi connectivity index (χ1v) is 13.0. The molecule has 0 aromatic rings. The summed E-state index contributed by atoms with van der Waals surface area (Å²) in [5, 5.41) is 20.8. The summed E-state index contributed by atoms with van der Waals surface area (Å²) >= 11 is 0. The van der Waals surface area contributed by atoms with E-state index in [4.69, 9.17) is 0 Å². The average molecular weight is 405 g/mol. The molecule has 2 heteroatoms. The van der Waals surface area contributed by atoms with E-state index < -0.39 is 12.2 Å². The molecule has 4 aliphatic rings. The molecule has 0 aliphatic heterocycles. The van der Waals surface area contributed by atoms with Crippen molar-refractivity contribution < 1.29 is 10.2 Å². The maximum absolute atomic E-state index is 10.5. The molecule has 0 heterocycles. The maximum atomic E-state index is 10.5. The number of aliphatic hydroxyl groups excluding tert-OH is 2. The lowest BCUT2D eigenvalue weighted by atomic mass is 9.44. The van der Waals surface area contributed by atoms with Crippen LogP contribution in [-0.2, 0) is 0 Å². The second-order valence-electron chi connectivity index (χ2n) is 12.8. The SMILES string of the molecule is CC(C)CCC[C@@H](C)[C@H]1CCC2C3CCC4C[C@H](O)[C@H](O)C[C@]4(C)C3CC[C@@]21C. The van der Waals surface area contributed by atoms with Crippen LogP contribution < -0.4 is 0 Å². The van der Waals surface area contributed by atoms with Crippen LogP contribution in [-0.4, -0.2) is 22.4 Å². The Kier molecular flexibility index (Phi) is 6.19. The first kappa shape index (κ1) is 22.1. The number of aliphatic hydroxyl groups is 2. The van der Waals surface area contributed by atoms with Gasteiger partial charge in [0.15, 0.2) is 0 Å². The van der Waals surface area contributed by atoms with E-state index in [9.17, 15) is 10.2 Å². The summed E-state index contributed by atoms with van der Waals surface area (Å²) in [6.45, 7) is 12.4. The van der Waals surface area contributed by atoms with Gasteiger partial charge in [0.25, 0.3) is 0 Å². The molecule has 4 saturated carbocycles. The van der Waals surface area contributed by atoms with Gasteiger partial charge in [-0.05, 0) is 104 Å². The number of rotatable bonds is 5. The number of hydrogen-bond acceptors (Lipinski definition) is 2. The topological polar surface area (TPSA) is 40.5 Å². The highest BCUT2D eigenvalue weighted by molar-refractivity contribution is 5.10. The van der Waals surface area contributed by atoms with E-state index in [1.807, 2.05) is 0 Å². The third-order valence-electron chi connectivity index (χ3n) is 10.9. The Labute approximate surface area is 180 Å². The van der Waals surface area contributed by atoms with Crippen molar-refractivity contribution in [3.8, 4) is 0 Å². The minimum atomic E-state index is -0.499. The van der Waals surface area contributed by atoms with E-state index in [1.54, 1.807) is 0 Å². The van der Waals surface area contributed by atoms with Gasteiger partial charge in [0.2, 0.25) is 0 Å². The number of hydrogen-bond donors (Lipinski definition) is 2. The number of fused-ring (bicyclic) bond motifs is 5. The molecule has 0 spiro atoms. The minimum absolute atomic E-state index is 0.254. The van der Waals surface area contributed by atoms with Crippen LogP contribution in [0.3, 0.4) is 0 Å². The standard InChI is InChI=1S/C27H48O2/c1-17(2)7-6-8-18(3)21-11-12-22-20-10-9-19-15-24(28)25(29)16-27(19,5)23(20)13-14-26(21,22)4/h17-25,28-29H,6-16H2,1-5H3/t18-,19?,20?,21-,22?,23?,24+,25-,26-,27+/m1/s1. The summed E-state index contributed by atoms with van der Waals surface area (Å²) in [5.74, 6) is 5.80. The Hall–Kier alpha value is -0.0800. The van der Waals surface area contributed by atoms with Gasteiger partial charge in [0.05, 0.1) is 12.2 Å². The van der Waals surface area contributed by atoms with E-state index >= 15 is 0 Å². The van der Waals surface area contributed by atoms with E-state index in [2.05, 4.69) is 34.6 Å². The van der Waals surface area contributed by atoms with Crippen LogP contribution in [0.4, 0.5) is 0 Å². The van der Waals surface area contributed by atoms with Crippen molar-refractivity contribution in [3.05, 3.63) is 0 Å². The molecule has 0 radical (unpaired) electrons. The quantitative estimate of drug-likeness (QED) is 0.553. The summed E-state index contributed by atoms with van der Waals surface area (Å²) < 4.78 is 0. The molecular weight excluding hydrogens is 356 g/mol. The Balaban J connectivity index is 1.47. The van der Waals surface area contributed by atoms with Gasteiger partial charge >= 0.3 is 0 Å². The molecule has 4 unspecified atom stereocenters. The van der Waals surface area contributed by atoms with Crippen LogP contribution in [0.2, 0.25) is 0 Å². The predicted octanol–water partition coefficient (Wildman–Crippen LogP) is 6.44. The third kappa shape index (κ3) is 3.73. The summed E-state index contributed by atoms with van der Waals surface area (Å²) in [6.07, 6.45) is 13.2. The Bertz CT molecular complexity index is 573. The Morgan fingerprint density at radius 2 is 1.55 bits per heavy atom. The monoisotopic (exact) mass is 404 g/mol. The van der Waals surface area contributed by atoms with Crippen molar-refractivity contribution in [1.29, 1.82) is 0 Å². The Morgan fingerprint density at radius 3 is 2.28 bits per heavy atom. The molecule has 0 aromatic heterocycles. The Morgan fingerprint density at radius 1 is 0.828 bits per heavy atom. The fraction of sp³-hybridized carbons (Fsp3) is 1.00. The van der Waals surface area contributed by atoms with Crippen LogP contribution in [0.1, 0.15) is 105 Å². The van der Waals surface area contributed by atoms with Crippen molar-refractivity contribution in [1.82, 2.24) is 0 Å². The average Bonchev–Trinajstić information content (AvgIpc) is 3.00. The van der Waals surface area contributed by atoms with Gasteiger partial charge in [-0.1, -0.05) is 53.9 Å². The van der Waals surface area contributed by atoms with Gasteiger partial charge in [-0.15, -0.1) is 0 Å². The van der Waals surface area contributed by atoms with E-state index in [0.717, 1.165) is 48.3 Å². The summed E-state index contributed by atoms with van der Waals surface area (Å²) in [5.41, 5.74) is 0.804. The van der Waals surface area contributed by atoms with Gasteiger partial charge in [-0.2, -0.15) is 0 Å². The van der Waals surface area contributed by atoms with Crippen molar-refractivity contribution in [2.24, 2.45) is 52.3 Å². The van der Waals surface area contributed by atoms with Gasteiger partial charge in [-0.25, -0.2) is 0 Å². The van der Waals surface area contributed by atoms with Crippen LogP contribution >= 0.6 is 0 Å². The van der Waals surface area contributed by atoms with Crippen molar-refractivity contribution in [2.75, 3.05) is 0 Å². The molecule has 0 amide bonds. The van der Waals surface area contributed by atoms with Gasteiger partial charge in [-0.3, -0.25) is 0 Å². The summed E-state index contributed by atoms with van der Waals surface area (Å²) in [4.78, 5) is 0. The molecule has 4 rings (SSSR count). The highest BCUT2D eigenvalue weighted by Gasteiger charge is 2.61. The van der Waals surface area contributed by atoms with E-state index in [1.165, 1.54) is 57.8 Å². The smallest absolute Gasteiger partial charge is 0.0804 e. The molecule has 168 valence electrons. The first-order valence-electron chi connectivity index (χ1n) is 13.0. The third-order valence-corrected chi connectivity index (χ3v) is 10.9. The fourth-order valence-electron chi connectivity index (χ4n) is 9.30. The molecule has 0 saturated heterocycles. The first-order chi connectivity index (χ1) is 13.7.